The zero-order chi connectivity index (χ0) is 17.8. The van der Waals surface area contributed by atoms with Gasteiger partial charge in [0.2, 0.25) is 0 Å². The van der Waals surface area contributed by atoms with Gasteiger partial charge >= 0.3 is 18.3 Å². The van der Waals surface area contributed by atoms with Gasteiger partial charge < -0.3 is 5.11 Å². The van der Waals surface area contributed by atoms with Gasteiger partial charge in [0.05, 0.1) is 0 Å². The minimum Gasteiger partial charge on any atom is -0.477 e. The van der Waals surface area contributed by atoms with Gasteiger partial charge in [0.25, 0.3) is 0 Å². The van der Waals surface area contributed by atoms with Crippen LogP contribution in [0.3, 0.4) is 0 Å². The van der Waals surface area contributed by atoms with Crippen LogP contribution >= 0.6 is 0 Å². The Hall–Kier alpha value is -2.53. The van der Waals surface area contributed by atoms with Crippen LogP contribution in [0.25, 0.3) is 0 Å². The van der Waals surface area contributed by atoms with Crippen LogP contribution in [-0.2, 0) is 18.9 Å². The van der Waals surface area contributed by atoms with E-state index in [0.29, 0.717) is 6.07 Å². The molecule has 23 heavy (non-hydrogen) atoms. The summed E-state index contributed by atoms with van der Waals surface area (Å²) in [5.74, 6) is -1.42. The highest BCUT2D eigenvalue weighted by Crippen LogP contribution is 2.28. The molecule has 2 aromatic heterocycles. The van der Waals surface area contributed by atoms with Gasteiger partial charge in [0.15, 0.2) is 5.69 Å². The Morgan fingerprint density at radius 2 is 1.87 bits per heavy atom. The van der Waals surface area contributed by atoms with Crippen molar-refractivity contribution < 1.29 is 36.2 Å². The Kier molecular flexibility index (Phi) is 5.40. The summed E-state index contributed by atoms with van der Waals surface area (Å²) in [5.41, 5.74) is -2.46. The number of carboxylic acids is 1. The van der Waals surface area contributed by atoms with E-state index in [-0.39, 0.29) is 6.54 Å². The summed E-state index contributed by atoms with van der Waals surface area (Å²) in [7, 11) is 0. The average molecular weight is 344 g/mol. The van der Waals surface area contributed by atoms with E-state index in [1.54, 1.807) is 5.10 Å². The van der Waals surface area contributed by atoms with Crippen molar-refractivity contribution in [3.8, 4) is 0 Å². The van der Waals surface area contributed by atoms with Crippen LogP contribution in [0.5, 0.6) is 0 Å². The van der Waals surface area contributed by atoms with Crippen LogP contribution in [0.1, 0.15) is 28.8 Å². The SMILES string of the molecule is CCn1nc(C(F)(F)F)cc1C(=O)O.FC(F)(F)c1ccn[nH]1. The Morgan fingerprint density at radius 3 is 2.13 bits per heavy atom. The van der Waals surface area contributed by atoms with Gasteiger partial charge in [-0.3, -0.25) is 9.78 Å². The van der Waals surface area contributed by atoms with E-state index in [9.17, 15) is 31.1 Å². The molecule has 0 unspecified atom stereocenters. The maximum absolute atomic E-state index is 12.1. The molecule has 0 saturated heterocycles. The quantitative estimate of drug-likeness (QED) is 0.820. The summed E-state index contributed by atoms with van der Waals surface area (Å²) in [4.78, 5) is 10.5. The molecule has 0 aliphatic heterocycles. The highest BCUT2D eigenvalue weighted by Gasteiger charge is 2.35. The lowest BCUT2D eigenvalue weighted by Crippen LogP contribution is -2.09. The average Bonchev–Trinajstić information content (AvgIpc) is 3.07. The largest absolute Gasteiger partial charge is 0.477 e. The van der Waals surface area contributed by atoms with E-state index < -0.39 is 35.4 Å². The molecule has 0 radical (unpaired) electrons. The monoisotopic (exact) mass is 344 g/mol. The first-order chi connectivity index (χ1) is 10.5. The van der Waals surface area contributed by atoms with E-state index in [1.165, 1.54) is 6.92 Å². The summed E-state index contributed by atoms with van der Waals surface area (Å²) in [5, 5.41) is 16.6. The number of halogens is 6. The standard InChI is InChI=1S/C7H7F3N2O2.C4H3F3N2/c1-2-12-4(6(13)14)3-5(11-12)7(8,9)10;5-4(6,7)3-1-2-8-9-3/h3H,2H2,1H3,(H,13,14);1-2H,(H,8,9). The predicted molar refractivity (Wildman–Crippen MR) is 63.5 cm³/mol. The number of carboxylic acid groups (broad SMARTS) is 1. The molecule has 0 fully saturated rings. The Bertz CT molecular complexity index is 645. The van der Waals surface area contributed by atoms with Crippen molar-refractivity contribution in [2.75, 3.05) is 0 Å². The third-order valence-corrected chi connectivity index (χ3v) is 2.40. The molecule has 0 aliphatic rings. The van der Waals surface area contributed by atoms with E-state index in [2.05, 4.69) is 10.2 Å². The lowest BCUT2D eigenvalue weighted by atomic mass is 10.3. The van der Waals surface area contributed by atoms with Crippen molar-refractivity contribution in [1.82, 2.24) is 20.0 Å². The first-order valence-corrected chi connectivity index (χ1v) is 5.91. The molecule has 128 valence electrons. The van der Waals surface area contributed by atoms with Crippen LogP contribution in [0, 0.1) is 0 Å². The zero-order valence-electron chi connectivity index (χ0n) is 11.4. The molecular weight excluding hydrogens is 334 g/mol. The number of carbonyl (C=O) groups is 1. The number of rotatable bonds is 2. The fraction of sp³-hybridized carbons (Fsp3) is 0.364. The molecule has 2 aromatic rings. The molecule has 12 heteroatoms. The number of aryl methyl sites for hydroxylation is 1. The molecular formula is C11H10F6N4O2. The number of nitrogens with zero attached hydrogens (tertiary/aromatic N) is 3. The highest BCUT2D eigenvalue weighted by molar-refractivity contribution is 5.85. The minimum atomic E-state index is -4.61. The molecule has 0 aliphatic carbocycles. The van der Waals surface area contributed by atoms with Gasteiger partial charge in [0, 0.05) is 18.8 Å². The maximum atomic E-state index is 12.1. The number of hydrogen-bond donors (Lipinski definition) is 2. The number of aromatic carboxylic acids is 1. The van der Waals surface area contributed by atoms with E-state index in [0.717, 1.165) is 16.9 Å². The van der Waals surface area contributed by atoms with E-state index in [1.807, 2.05) is 0 Å². The van der Waals surface area contributed by atoms with Crippen molar-refractivity contribution >= 4 is 5.97 Å². The predicted octanol–water partition coefficient (Wildman–Crippen LogP) is 3.05. The number of nitrogens with one attached hydrogen (secondary N) is 1. The second-order valence-electron chi connectivity index (χ2n) is 4.00. The topological polar surface area (TPSA) is 83.8 Å². The molecule has 0 bridgehead atoms. The van der Waals surface area contributed by atoms with Crippen molar-refractivity contribution in [2.24, 2.45) is 0 Å². The fourth-order valence-corrected chi connectivity index (χ4v) is 1.38. The molecule has 6 nitrogen and oxygen atoms in total. The Morgan fingerprint density at radius 1 is 1.26 bits per heavy atom. The first kappa shape index (κ1) is 18.5. The highest BCUT2D eigenvalue weighted by atomic mass is 19.4. The molecule has 0 amide bonds. The van der Waals surface area contributed by atoms with Crippen molar-refractivity contribution in [3.05, 3.63) is 35.4 Å². The molecule has 2 rings (SSSR count). The van der Waals surface area contributed by atoms with Gasteiger partial charge in [0.1, 0.15) is 11.4 Å². The number of H-pyrrole nitrogens is 1. The minimum absolute atomic E-state index is 0.0811. The Labute approximate surface area is 124 Å². The molecule has 0 aromatic carbocycles. The van der Waals surface area contributed by atoms with Crippen LogP contribution < -0.4 is 0 Å². The summed E-state index contributed by atoms with van der Waals surface area (Å²) >= 11 is 0. The lowest BCUT2D eigenvalue weighted by Gasteiger charge is -2.00. The first-order valence-electron chi connectivity index (χ1n) is 5.91. The van der Waals surface area contributed by atoms with Gasteiger partial charge in [-0.25, -0.2) is 4.79 Å². The molecule has 0 saturated carbocycles. The van der Waals surface area contributed by atoms with Gasteiger partial charge in [-0.1, -0.05) is 0 Å². The summed E-state index contributed by atoms with van der Waals surface area (Å²) < 4.78 is 71.8. The van der Waals surface area contributed by atoms with E-state index >= 15 is 0 Å². The summed E-state index contributed by atoms with van der Waals surface area (Å²) in [6, 6.07) is 1.39. The third-order valence-electron chi connectivity index (χ3n) is 2.40. The van der Waals surface area contributed by atoms with Crippen molar-refractivity contribution in [3.63, 3.8) is 0 Å². The number of alkyl halides is 6. The summed E-state index contributed by atoms with van der Waals surface area (Å²) in [6.07, 6.45) is -7.84. The number of aromatic amines is 1. The molecule has 0 atom stereocenters. The van der Waals surface area contributed by atoms with Gasteiger partial charge in [-0.2, -0.15) is 36.5 Å². The van der Waals surface area contributed by atoms with Crippen LogP contribution in [0.4, 0.5) is 26.3 Å². The van der Waals surface area contributed by atoms with Crippen LogP contribution in [0.15, 0.2) is 18.3 Å². The van der Waals surface area contributed by atoms with E-state index in [4.69, 9.17) is 5.11 Å². The van der Waals surface area contributed by atoms with Gasteiger partial charge in [-0.05, 0) is 13.0 Å². The smallest absolute Gasteiger partial charge is 0.435 e. The van der Waals surface area contributed by atoms with Crippen LogP contribution in [0.2, 0.25) is 0 Å². The number of aromatic nitrogens is 4. The van der Waals surface area contributed by atoms with Crippen molar-refractivity contribution in [2.45, 2.75) is 25.8 Å². The maximum Gasteiger partial charge on any atom is 0.435 e. The summed E-state index contributed by atoms with van der Waals surface area (Å²) in [6.45, 7) is 1.59. The zero-order valence-corrected chi connectivity index (χ0v) is 11.4. The van der Waals surface area contributed by atoms with Crippen molar-refractivity contribution in [1.29, 1.82) is 0 Å². The second-order valence-corrected chi connectivity index (χ2v) is 4.00. The lowest BCUT2D eigenvalue weighted by molar-refractivity contribution is -0.142. The normalized spacial score (nSPS) is 11.8. The third kappa shape index (κ3) is 5.00. The number of hydrogen-bond acceptors (Lipinski definition) is 3. The second kappa shape index (κ2) is 6.71. The Balaban J connectivity index is 0.000000253. The molecule has 0 spiro atoms. The van der Waals surface area contributed by atoms with Crippen LogP contribution in [-0.4, -0.2) is 31.1 Å². The molecule has 2 N–H and O–H groups in total. The van der Waals surface area contributed by atoms with Gasteiger partial charge in [-0.15, -0.1) is 0 Å². The fourth-order valence-electron chi connectivity index (χ4n) is 1.38. The molecule has 2 heterocycles.